The van der Waals surface area contributed by atoms with Crippen molar-refractivity contribution in [2.45, 2.75) is 12.5 Å². The molecule has 0 fully saturated rings. The maximum Gasteiger partial charge on any atom is 0.219 e. The summed E-state index contributed by atoms with van der Waals surface area (Å²) in [5.41, 5.74) is 5.51. The van der Waals surface area contributed by atoms with Crippen molar-refractivity contribution in [1.29, 1.82) is 0 Å². The van der Waals surface area contributed by atoms with E-state index in [9.17, 15) is 17.6 Å². The molecule has 0 aliphatic rings. The Morgan fingerprint density at radius 3 is 2.35 bits per heavy atom. The Morgan fingerprint density at radius 2 is 1.94 bits per heavy atom. The highest BCUT2D eigenvalue weighted by Crippen LogP contribution is 2.17. The first kappa shape index (κ1) is 13.6. The molecule has 0 spiro atoms. The minimum Gasteiger partial charge on any atom is -0.370 e. The monoisotopic (exact) mass is 260 g/mol. The molecule has 1 atom stereocenters. The van der Waals surface area contributed by atoms with Gasteiger partial charge in [-0.25, -0.2) is 17.5 Å². The molecule has 0 saturated heterocycles. The topological polar surface area (TPSA) is 89.3 Å². The first-order valence-corrected chi connectivity index (χ1v) is 6.68. The summed E-state index contributed by atoms with van der Waals surface area (Å²) in [5, 5.41) is 0. The molecule has 0 bridgehead atoms. The number of carbonyl (C=O) groups excluding carboxylic acids is 1. The number of carbonyl (C=O) groups is 1. The van der Waals surface area contributed by atoms with E-state index in [1.807, 2.05) is 0 Å². The number of primary amides is 1. The van der Waals surface area contributed by atoms with Crippen molar-refractivity contribution in [3.05, 3.63) is 35.6 Å². The summed E-state index contributed by atoms with van der Waals surface area (Å²) in [6, 6.07) is 4.41. The molecule has 0 aromatic heterocycles. The lowest BCUT2D eigenvalue weighted by atomic mass is 10.0. The number of sulfonamides is 1. The molecule has 0 saturated carbocycles. The molecule has 0 heterocycles. The minimum atomic E-state index is -3.48. The molecule has 0 aliphatic heterocycles. The summed E-state index contributed by atoms with van der Waals surface area (Å²) in [6.07, 6.45) is 0.795. The quantitative estimate of drug-likeness (QED) is 0.797. The largest absolute Gasteiger partial charge is 0.370 e. The van der Waals surface area contributed by atoms with Gasteiger partial charge in [-0.15, -0.1) is 0 Å². The molecule has 1 aromatic rings. The van der Waals surface area contributed by atoms with Gasteiger partial charge in [0, 0.05) is 6.42 Å². The highest BCUT2D eigenvalue weighted by atomic mass is 32.2. The highest BCUT2D eigenvalue weighted by molar-refractivity contribution is 7.88. The fourth-order valence-corrected chi connectivity index (χ4v) is 2.12. The summed E-state index contributed by atoms with van der Waals surface area (Å²) in [4.78, 5) is 10.8. The van der Waals surface area contributed by atoms with E-state index >= 15 is 0 Å². The maximum absolute atomic E-state index is 12.7. The van der Waals surface area contributed by atoms with Gasteiger partial charge in [0.05, 0.1) is 12.3 Å². The number of amides is 1. The number of hydrogen-bond acceptors (Lipinski definition) is 3. The Balaban J connectivity index is 2.97. The fraction of sp³-hybridized carbons (Fsp3) is 0.300. The Hall–Kier alpha value is -1.47. The lowest BCUT2D eigenvalue weighted by Crippen LogP contribution is -2.30. The van der Waals surface area contributed by atoms with E-state index in [1.165, 1.54) is 24.3 Å². The average Bonchev–Trinajstić information content (AvgIpc) is 2.14. The third-order valence-electron chi connectivity index (χ3n) is 2.03. The minimum absolute atomic E-state index is 0.182. The smallest absolute Gasteiger partial charge is 0.219 e. The molecule has 1 aromatic carbocycles. The summed E-state index contributed by atoms with van der Waals surface area (Å²) in [6.45, 7) is 0. The molecular weight excluding hydrogens is 247 g/mol. The highest BCUT2D eigenvalue weighted by Gasteiger charge is 2.18. The molecule has 0 aliphatic carbocycles. The van der Waals surface area contributed by atoms with E-state index in [1.54, 1.807) is 0 Å². The summed E-state index contributed by atoms with van der Waals surface area (Å²) in [5.74, 6) is -1.08. The van der Waals surface area contributed by atoms with Crippen LogP contribution in [0.25, 0.3) is 0 Å². The van der Waals surface area contributed by atoms with Crippen molar-refractivity contribution in [2.24, 2.45) is 5.73 Å². The average molecular weight is 260 g/mol. The molecule has 7 heteroatoms. The molecule has 1 rings (SSSR count). The van der Waals surface area contributed by atoms with E-state index in [-0.39, 0.29) is 6.42 Å². The van der Waals surface area contributed by atoms with Crippen LogP contribution in [0.2, 0.25) is 0 Å². The Bertz CT molecular complexity index is 499. The third kappa shape index (κ3) is 4.92. The predicted molar refractivity (Wildman–Crippen MR) is 60.9 cm³/mol. The Kier molecular flexibility index (Phi) is 4.19. The first-order chi connectivity index (χ1) is 7.78. The van der Waals surface area contributed by atoms with E-state index in [0.29, 0.717) is 5.56 Å². The number of benzene rings is 1. The number of halogens is 1. The lowest BCUT2D eigenvalue weighted by Gasteiger charge is -2.16. The van der Waals surface area contributed by atoms with Crippen LogP contribution >= 0.6 is 0 Å². The SMILES string of the molecule is CS(=O)(=O)N[C@H](CC(N)=O)c1ccc(F)cc1. The molecule has 94 valence electrons. The normalized spacial score (nSPS) is 13.3. The van der Waals surface area contributed by atoms with Gasteiger partial charge in [-0.2, -0.15) is 0 Å². The number of rotatable bonds is 5. The van der Waals surface area contributed by atoms with E-state index in [4.69, 9.17) is 5.73 Å². The van der Waals surface area contributed by atoms with Crippen LogP contribution in [-0.2, 0) is 14.8 Å². The van der Waals surface area contributed by atoms with Gasteiger partial charge in [-0.1, -0.05) is 12.1 Å². The van der Waals surface area contributed by atoms with Crippen LogP contribution in [0.3, 0.4) is 0 Å². The van der Waals surface area contributed by atoms with Crippen LogP contribution in [0.15, 0.2) is 24.3 Å². The Morgan fingerprint density at radius 1 is 1.41 bits per heavy atom. The maximum atomic E-state index is 12.7. The van der Waals surface area contributed by atoms with Crippen LogP contribution in [0.4, 0.5) is 4.39 Å². The predicted octanol–water partition coefficient (Wildman–Crippen LogP) is 0.291. The van der Waals surface area contributed by atoms with Crippen LogP contribution in [0.5, 0.6) is 0 Å². The number of nitrogens with one attached hydrogen (secondary N) is 1. The third-order valence-corrected chi connectivity index (χ3v) is 2.75. The van der Waals surface area contributed by atoms with Gasteiger partial charge in [0.15, 0.2) is 0 Å². The number of hydrogen-bond donors (Lipinski definition) is 2. The summed E-state index contributed by atoms with van der Waals surface area (Å²) in [7, 11) is -3.48. The second-order valence-electron chi connectivity index (χ2n) is 3.66. The van der Waals surface area contributed by atoms with Crippen molar-refractivity contribution in [2.75, 3.05) is 6.26 Å². The molecule has 0 unspecified atom stereocenters. The second kappa shape index (κ2) is 5.24. The van der Waals surface area contributed by atoms with Crippen molar-refractivity contribution < 1.29 is 17.6 Å². The molecule has 3 N–H and O–H groups in total. The zero-order chi connectivity index (χ0) is 13.1. The molecular formula is C10H13FN2O3S. The van der Waals surface area contributed by atoms with E-state index in [0.717, 1.165) is 6.26 Å². The van der Waals surface area contributed by atoms with E-state index < -0.39 is 27.8 Å². The second-order valence-corrected chi connectivity index (χ2v) is 5.44. The zero-order valence-electron chi connectivity index (χ0n) is 9.18. The molecule has 5 nitrogen and oxygen atoms in total. The van der Waals surface area contributed by atoms with Gasteiger partial charge in [-0.05, 0) is 17.7 Å². The van der Waals surface area contributed by atoms with Gasteiger partial charge in [0.25, 0.3) is 0 Å². The van der Waals surface area contributed by atoms with Crippen molar-refractivity contribution in [3.8, 4) is 0 Å². The van der Waals surface area contributed by atoms with Crippen LogP contribution in [-0.4, -0.2) is 20.6 Å². The fourth-order valence-electron chi connectivity index (χ4n) is 1.38. The van der Waals surface area contributed by atoms with Crippen LogP contribution in [0.1, 0.15) is 18.0 Å². The van der Waals surface area contributed by atoms with Crippen LogP contribution in [0, 0.1) is 5.82 Å². The molecule has 0 radical (unpaired) electrons. The van der Waals surface area contributed by atoms with Gasteiger partial charge in [0.1, 0.15) is 5.82 Å². The summed E-state index contributed by atoms with van der Waals surface area (Å²) < 4.78 is 37.2. The summed E-state index contributed by atoms with van der Waals surface area (Å²) >= 11 is 0. The van der Waals surface area contributed by atoms with Crippen molar-refractivity contribution in [1.82, 2.24) is 4.72 Å². The molecule has 17 heavy (non-hydrogen) atoms. The van der Waals surface area contributed by atoms with E-state index in [2.05, 4.69) is 4.72 Å². The standard InChI is InChI=1S/C10H13FN2O3S/c1-17(15,16)13-9(6-10(12)14)7-2-4-8(11)5-3-7/h2-5,9,13H,6H2,1H3,(H2,12,14)/t9-/m1/s1. The van der Waals surface area contributed by atoms with Crippen LogP contribution < -0.4 is 10.5 Å². The van der Waals surface area contributed by atoms with Gasteiger partial charge in [0.2, 0.25) is 15.9 Å². The first-order valence-electron chi connectivity index (χ1n) is 4.79. The van der Waals surface area contributed by atoms with Gasteiger partial charge >= 0.3 is 0 Å². The van der Waals surface area contributed by atoms with Gasteiger partial charge < -0.3 is 5.73 Å². The zero-order valence-corrected chi connectivity index (χ0v) is 10.00. The Labute approximate surface area is 98.9 Å². The van der Waals surface area contributed by atoms with Gasteiger partial charge in [-0.3, -0.25) is 4.79 Å². The lowest BCUT2D eigenvalue weighted by molar-refractivity contribution is -0.118. The molecule has 1 amide bonds. The number of nitrogens with two attached hydrogens (primary N) is 1. The van der Waals surface area contributed by atoms with Crippen molar-refractivity contribution >= 4 is 15.9 Å². The van der Waals surface area contributed by atoms with Crippen molar-refractivity contribution in [3.63, 3.8) is 0 Å².